The van der Waals surface area contributed by atoms with Crippen LogP contribution >= 0.6 is 0 Å². The van der Waals surface area contributed by atoms with Gasteiger partial charge in [-0.25, -0.2) is 9.97 Å². The quantitative estimate of drug-likeness (QED) is 0.476. The summed E-state index contributed by atoms with van der Waals surface area (Å²) in [6, 6.07) is 21.0. The van der Waals surface area contributed by atoms with E-state index in [0.717, 1.165) is 59.5 Å². The molecule has 3 N–H and O–H groups in total. The lowest BCUT2D eigenvalue weighted by Crippen LogP contribution is -2.44. The molecule has 4 aromatic rings. The molecular formula is C27H30N6. The van der Waals surface area contributed by atoms with Gasteiger partial charge in [0.25, 0.3) is 0 Å². The molecule has 0 aliphatic carbocycles. The van der Waals surface area contributed by atoms with Crippen molar-refractivity contribution in [2.24, 2.45) is 5.73 Å². The van der Waals surface area contributed by atoms with E-state index in [1.165, 1.54) is 11.3 Å². The highest BCUT2D eigenvalue weighted by Crippen LogP contribution is 2.29. The summed E-state index contributed by atoms with van der Waals surface area (Å²) in [4.78, 5) is 14.3. The van der Waals surface area contributed by atoms with Gasteiger partial charge in [-0.3, -0.25) is 0 Å². The molecule has 0 bridgehead atoms. The largest absolute Gasteiger partial charge is 0.369 e. The van der Waals surface area contributed by atoms with Crippen LogP contribution in [0.4, 0.5) is 17.3 Å². The molecule has 1 aliphatic rings. The molecule has 33 heavy (non-hydrogen) atoms. The fraction of sp³-hybridized carbons (Fsp3) is 0.259. The topological polar surface area (TPSA) is 70.3 Å². The molecule has 6 heteroatoms. The van der Waals surface area contributed by atoms with Gasteiger partial charge in [0.1, 0.15) is 0 Å². The van der Waals surface area contributed by atoms with Crippen LogP contribution in [0.3, 0.4) is 0 Å². The van der Waals surface area contributed by atoms with Gasteiger partial charge in [-0.05, 0) is 48.9 Å². The number of para-hydroxylation sites is 1. The van der Waals surface area contributed by atoms with Gasteiger partial charge in [0.2, 0.25) is 5.95 Å². The third-order valence-corrected chi connectivity index (χ3v) is 6.41. The summed E-state index contributed by atoms with van der Waals surface area (Å²) in [5.41, 5.74) is 13.6. The molecule has 3 aromatic carbocycles. The molecule has 0 saturated carbocycles. The number of benzene rings is 3. The van der Waals surface area contributed by atoms with Crippen LogP contribution in [-0.4, -0.2) is 48.1 Å². The normalized spacial score (nSPS) is 14.6. The van der Waals surface area contributed by atoms with Gasteiger partial charge in [0.15, 0.2) is 0 Å². The van der Waals surface area contributed by atoms with Crippen molar-refractivity contribution in [2.45, 2.75) is 13.5 Å². The zero-order valence-corrected chi connectivity index (χ0v) is 19.3. The van der Waals surface area contributed by atoms with Crippen LogP contribution in [0.5, 0.6) is 0 Å². The van der Waals surface area contributed by atoms with Crippen molar-refractivity contribution in [3.8, 4) is 11.1 Å². The number of hydrogen-bond acceptors (Lipinski definition) is 6. The lowest BCUT2D eigenvalue weighted by molar-refractivity contribution is 0.312. The molecule has 0 atom stereocenters. The molecule has 168 valence electrons. The second kappa shape index (κ2) is 9.17. The number of nitrogens with one attached hydrogen (secondary N) is 1. The molecule has 2 heterocycles. The van der Waals surface area contributed by atoms with Crippen LogP contribution in [-0.2, 0) is 6.54 Å². The van der Waals surface area contributed by atoms with Crippen molar-refractivity contribution in [3.05, 3.63) is 78.0 Å². The molecule has 1 aliphatic heterocycles. The fourth-order valence-electron chi connectivity index (χ4n) is 4.43. The monoisotopic (exact) mass is 438 g/mol. The number of hydrogen-bond donors (Lipinski definition) is 2. The standard InChI is InChI=1S/C27H30N6/c1-19-16-23(10-11-25(19)33-14-12-32(2)13-15-33)30-27-29-18-22-4-3-5-24(26(22)31-27)21-8-6-20(17-28)7-9-21/h3-11,16,18H,12-15,17,28H2,1-2H3,(H,29,30,31). The molecule has 1 aromatic heterocycles. The number of nitrogens with zero attached hydrogens (tertiary/aromatic N) is 4. The average molecular weight is 439 g/mol. The van der Waals surface area contributed by atoms with Crippen LogP contribution in [0.2, 0.25) is 0 Å². The zero-order chi connectivity index (χ0) is 22.8. The van der Waals surface area contributed by atoms with Gasteiger partial charge in [-0.2, -0.15) is 0 Å². The maximum Gasteiger partial charge on any atom is 0.227 e. The number of anilines is 3. The highest BCUT2D eigenvalue weighted by molar-refractivity contribution is 5.93. The number of rotatable bonds is 5. The highest BCUT2D eigenvalue weighted by atomic mass is 15.2. The summed E-state index contributed by atoms with van der Waals surface area (Å²) in [7, 11) is 2.18. The van der Waals surface area contributed by atoms with Crippen LogP contribution in [0.1, 0.15) is 11.1 Å². The Labute approximate surface area is 195 Å². The minimum Gasteiger partial charge on any atom is -0.369 e. The van der Waals surface area contributed by atoms with Gasteiger partial charge in [0, 0.05) is 61.2 Å². The smallest absolute Gasteiger partial charge is 0.227 e. The van der Waals surface area contributed by atoms with Crippen molar-refractivity contribution in [2.75, 3.05) is 43.4 Å². The molecule has 5 rings (SSSR count). The maximum absolute atomic E-state index is 5.76. The second-order valence-electron chi connectivity index (χ2n) is 8.75. The first kappa shape index (κ1) is 21.4. The Bertz CT molecular complexity index is 1260. The van der Waals surface area contributed by atoms with Crippen LogP contribution in [0, 0.1) is 6.92 Å². The van der Waals surface area contributed by atoms with E-state index in [-0.39, 0.29) is 0 Å². The molecule has 0 unspecified atom stereocenters. The molecule has 1 fully saturated rings. The van der Waals surface area contributed by atoms with Crippen LogP contribution in [0.25, 0.3) is 22.0 Å². The molecule has 1 saturated heterocycles. The SMILES string of the molecule is Cc1cc(Nc2ncc3cccc(-c4ccc(CN)cc4)c3n2)ccc1N1CCN(C)CC1. The first-order valence-electron chi connectivity index (χ1n) is 11.5. The lowest BCUT2D eigenvalue weighted by atomic mass is 10.0. The number of piperazine rings is 1. The third-order valence-electron chi connectivity index (χ3n) is 6.41. The van der Waals surface area contributed by atoms with Crippen molar-refractivity contribution >= 4 is 28.2 Å². The molecule has 0 spiro atoms. The highest BCUT2D eigenvalue weighted by Gasteiger charge is 2.16. The summed E-state index contributed by atoms with van der Waals surface area (Å²) in [6.45, 7) is 7.03. The Morgan fingerprint density at radius 1 is 0.970 bits per heavy atom. The number of aryl methyl sites for hydroxylation is 1. The van der Waals surface area contributed by atoms with Gasteiger partial charge >= 0.3 is 0 Å². The third kappa shape index (κ3) is 4.53. The van der Waals surface area contributed by atoms with Gasteiger partial charge < -0.3 is 20.9 Å². The van der Waals surface area contributed by atoms with Gasteiger partial charge in [0.05, 0.1) is 5.52 Å². The van der Waals surface area contributed by atoms with Crippen molar-refractivity contribution < 1.29 is 0 Å². The first-order chi connectivity index (χ1) is 16.1. The average Bonchev–Trinajstić information content (AvgIpc) is 2.85. The Kier molecular flexibility index (Phi) is 5.94. The molecule has 6 nitrogen and oxygen atoms in total. The number of aromatic nitrogens is 2. The Morgan fingerprint density at radius 2 is 1.76 bits per heavy atom. The number of likely N-dealkylation sites (N-methyl/N-ethyl adjacent to an activating group) is 1. The van der Waals surface area contributed by atoms with Gasteiger partial charge in [-0.1, -0.05) is 42.5 Å². The Morgan fingerprint density at radius 3 is 2.48 bits per heavy atom. The van der Waals surface area contributed by atoms with E-state index < -0.39 is 0 Å². The second-order valence-corrected chi connectivity index (χ2v) is 8.75. The number of nitrogens with two attached hydrogens (primary N) is 1. The summed E-state index contributed by atoms with van der Waals surface area (Å²) < 4.78 is 0. The lowest BCUT2D eigenvalue weighted by Gasteiger charge is -2.35. The molecular weight excluding hydrogens is 408 g/mol. The minimum absolute atomic E-state index is 0.541. The van der Waals surface area contributed by atoms with E-state index >= 15 is 0 Å². The Hall–Kier alpha value is -3.48. The van der Waals surface area contributed by atoms with E-state index in [0.29, 0.717) is 12.5 Å². The van der Waals surface area contributed by atoms with Crippen molar-refractivity contribution in [1.29, 1.82) is 0 Å². The fourth-order valence-corrected chi connectivity index (χ4v) is 4.43. The predicted octanol–water partition coefficient (Wildman–Crippen LogP) is 4.56. The van der Waals surface area contributed by atoms with Crippen LogP contribution in [0.15, 0.2) is 66.9 Å². The Balaban J connectivity index is 1.41. The van der Waals surface area contributed by atoms with Crippen molar-refractivity contribution in [1.82, 2.24) is 14.9 Å². The van der Waals surface area contributed by atoms with Crippen molar-refractivity contribution in [3.63, 3.8) is 0 Å². The van der Waals surface area contributed by atoms with E-state index in [2.05, 4.69) is 82.6 Å². The molecule has 0 radical (unpaired) electrons. The maximum atomic E-state index is 5.76. The number of fused-ring (bicyclic) bond motifs is 1. The van der Waals surface area contributed by atoms with E-state index in [1.807, 2.05) is 18.3 Å². The summed E-state index contributed by atoms with van der Waals surface area (Å²) >= 11 is 0. The summed E-state index contributed by atoms with van der Waals surface area (Å²) in [6.07, 6.45) is 1.88. The minimum atomic E-state index is 0.541. The predicted molar refractivity (Wildman–Crippen MR) is 137 cm³/mol. The molecule has 0 amide bonds. The first-order valence-corrected chi connectivity index (χ1v) is 11.5. The van der Waals surface area contributed by atoms with E-state index in [4.69, 9.17) is 10.7 Å². The van der Waals surface area contributed by atoms with Gasteiger partial charge in [-0.15, -0.1) is 0 Å². The zero-order valence-electron chi connectivity index (χ0n) is 19.3. The summed E-state index contributed by atoms with van der Waals surface area (Å²) in [5, 5.41) is 4.42. The summed E-state index contributed by atoms with van der Waals surface area (Å²) in [5.74, 6) is 0.597. The van der Waals surface area contributed by atoms with Crippen LogP contribution < -0.4 is 16.0 Å². The van der Waals surface area contributed by atoms with E-state index in [9.17, 15) is 0 Å². The van der Waals surface area contributed by atoms with E-state index in [1.54, 1.807) is 0 Å².